The fourth-order valence-electron chi connectivity index (χ4n) is 6.78. The Morgan fingerprint density at radius 3 is 1.35 bits per heavy atom. The van der Waals surface area contributed by atoms with Crippen LogP contribution >= 0.6 is 7.26 Å². The van der Waals surface area contributed by atoms with E-state index in [0.29, 0.717) is 97.6 Å². The van der Waals surface area contributed by atoms with Crippen LogP contribution in [-0.2, 0) is 4.79 Å². The van der Waals surface area contributed by atoms with Gasteiger partial charge in [0.2, 0.25) is 0 Å². The fraction of sp³-hybridized carbons (Fsp3) is 0.302. The maximum atomic E-state index is 12.9. The van der Waals surface area contributed by atoms with Crippen molar-refractivity contribution in [1.82, 2.24) is 5.32 Å². The van der Waals surface area contributed by atoms with E-state index in [1.807, 2.05) is 0 Å². The van der Waals surface area contributed by atoms with E-state index in [1.165, 1.54) is 0 Å². The van der Waals surface area contributed by atoms with Gasteiger partial charge >= 0.3 is 313 Å². The summed E-state index contributed by atoms with van der Waals surface area (Å²) in [6, 6.07) is 19.6. The molecule has 0 atom stereocenters. The number of ether oxygens (including phenoxy) is 9. The van der Waals surface area contributed by atoms with Gasteiger partial charge in [-0.1, -0.05) is 5.92 Å². The summed E-state index contributed by atoms with van der Waals surface area (Å²) >= 11 is 0. The molecule has 0 saturated carbocycles. The van der Waals surface area contributed by atoms with Crippen LogP contribution in [0.5, 0.6) is 51.7 Å². The molecule has 0 radical (unpaired) electrons. The van der Waals surface area contributed by atoms with Gasteiger partial charge in [0, 0.05) is 5.92 Å². The summed E-state index contributed by atoms with van der Waals surface area (Å²) in [5, 5.41) is 17.1. The molecule has 0 spiro atoms. The molecule has 13 nitrogen and oxygen atoms in total. The van der Waals surface area contributed by atoms with Gasteiger partial charge in [0.15, 0.2) is 6.07 Å². The van der Waals surface area contributed by atoms with Gasteiger partial charge in [-0.2, -0.15) is 5.26 Å². The van der Waals surface area contributed by atoms with E-state index in [2.05, 4.69) is 29.1 Å². The zero-order valence-corrected chi connectivity index (χ0v) is 34.8. The molecule has 14 heteroatoms. The number of carbonyl (C=O) groups is 1. The van der Waals surface area contributed by atoms with Gasteiger partial charge in [-0.05, 0) is 0 Å². The summed E-state index contributed by atoms with van der Waals surface area (Å²) in [5.74, 6) is 9.26. The molecule has 0 aromatic heterocycles. The van der Waals surface area contributed by atoms with Gasteiger partial charge in [0.1, 0.15) is 0 Å². The molecule has 302 valence electrons. The van der Waals surface area contributed by atoms with Crippen LogP contribution in [0.25, 0.3) is 0 Å². The third kappa shape index (κ3) is 9.69. The van der Waals surface area contributed by atoms with Gasteiger partial charge in [-0.25, -0.2) is 0 Å². The molecule has 0 aliphatic carbocycles. The number of hydrogen-bond donors (Lipinski definition) is 2. The minimum absolute atomic E-state index is 0.157. The van der Waals surface area contributed by atoms with E-state index in [1.54, 1.807) is 131 Å². The van der Waals surface area contributed by atoms with Crippen LogP contribution < -0.4 is 69.2 Å². The molecule has 0 aliphatic rings. The SMILES string of the molecule is C=C(C[PH](c1c(OC)cc(OC)cc1OC)(c1c(OC)cc(OC)cc1OC)c1c(OC)cc(OC)cc1OC)NCCCC(=O)Nc1ccc(C#CC#N)cc1. The Morgan fingerprint density at radius 1 is 0.632 bits per heavy atom. The van der Waals surface area contributed by atoms with Crippen molar-refractivity contribution in [3.8, 4) is 69.7 Å². The van der Waals surface area contributed by atoms with E-state index in [9.17, 15) is 4.79 Å². The topological polar surface area (TPSA) is 148 Å². The molecule has 0 heterocycles. The van der Waals surface area contributed by atoms with Crippen LogP contribution in [0.1, 0.15) is 18.4 Å². The number of anilines is 1. The number of nitrogens with one attached hydrogen (secondary N) is 2. The number of carbonyl (C=O) groups excluding carboxylic acids is 1. The van der Waals surface area contributed by atoms with Crippen LogP contribution in [0.15, 0.2) is 72.9 Å². The standard InChI is InChI=1S/C43H50N3O10P/c1-28(45-20-12-14-40(47)46-30-17-15-29(16-18-30)13-11-19-44)27-57(41-34(51-5)21-31(48-2)22-35(41)52-6,42-36(53-7)23-32(49-3)24-37(42)54-8)43-38(55-9)25-33(50-4)26-39(43)56-10/h15-18,21-26,45,57H,1,12,14,20,27H2,2-10H3,(H,46,47). The number of nitriles is 1. The van der Waals surface area contributed by atoms with Crippen LogP contribution in [-0.4, -0.2) is 82.6 Å². The van der Waals surface area contributed by atoms with E-state index < -0.39 is 7.26 Å². The molecule has 0 saturated heterocycles. The van der Waals surface area contributed by atoms with E-state index >= 15 is 0 Å². The monoisotopic (exact) mass is 799 g/mol. The second-order valence-corrected chi connectivity index (χ2v) is 16.1. The number of methoxy groups -OCH3 is 9. The molecule has 4 aromatic rings. The molecule has 2 N–H and O–H groups in total. The molecule has 0 unspecified atom stereocenters. The van der Waals surface area contributed by atoms with Gasteiger partial charge in [-0.15, -0.1) is 0 Å². The Morgan fingerprint density at radius 2 is 1.02 bits per heavy atom. The molecule has 4 rings (SSSR count). The van der Waals surface area contributed by atoms with Crippen LogP contribution in [0, 0.1) is 23.2 Å². The molecule has 1 amide bonds. The molecule has 57 heavy (non-hydrogen) atoms. The molecule has 0 aliphatic heterocycles. The van der Waals surface area contributed by atoms with Gasteiger partial charge < -0.3 is 0 Å². The molecular weight excluding hydrogens is 749 g/mol. The van der Waals surface area contributed by atoms with Gasteiger partial charge in [0.25, 0.3) is 0 Å². The van der Waals surface area contributed by atoms with Crippen molar-refractivity contribution in [3.63, 3.8) is 0 Å². The molecule has 0 fully saturated rings. The van der Waals surface area contributed by atoms with Crippen LogP contribution in [0.2, 0.25) is 0 Å². The summed E-state index contributed by atoms with van der Waals surface area (Å²) < 4.78 is 54.2. The second-order valence-electron chi connectivity index (χ2n) is 12.4. The number of rotatable bonds is 20. The van der Waals surface area contributed by atoms with Crippen molar-refractivity contribution in [2.75, 3.05) is 82.0 Å². The second kappa shape index (κ2) is 20.5. The van der Waals surface area contributed by atoms with Crippen molar-refractivity contribution in [1.29, 1.82) is 5.26 Å². The summed E-state index contributed by atoms with van der Waals surface area (Å²) in [6.07, 6.45) is 0.987. The van der Waals surface area contributed by atoms with Gasteiger partial charge in [0.05, 0.1) is 0 Å². The third-order valence-corrected chi connectivity index (χ3v) is 14.3. The number of hydrogen-bond acceptors (Lipinski definition) is 12. The zero-order chi connectivity index (χ0) is 41.5. The quantitative estimate of drug-likeness (QED) is 0.0689. The Bertz CT molecular complexity index is 1930. The molecule has 0 bridgehead atoms. The zero-order valence-electron chi connectivity index (χ0n) is 33.8. The predicted octanol–water partition coefficient (Wildman–Crippen LogP) is 5.19. The summed E-state index contributed by atoms with van der Waals surface area (Å²) in [4.78, 5) is 12.9. The number of amides is 1. The van der Waals surface area contributed by atoms with Crippen LogP contribution in [0.4, 0.5) is 5.69 Å². The van der Waals surface area contributed by atoms with Crippen LogP contribution in [0.3, 0.4) is 0 Å². The fourth-order valence-corrected chi connectivity index (χ4v) is 12.4. The van der Waals surface area contributed by atoms with Crippen molar-refractivity contribution < 1.29 is 47.4 Å². The Hall–Kier alpha value is -6.43. The van der Waals surface area contributed by atoms with Gasteiger partial charge in [-0.3, -0.25) is 0 Å². The van der Waals surface area contributed by atoms with E-state index in [0.717, 1.165) is 0 Å². The van der Waals surface area contributed by atoms with Crippen molar-refractivity contribution in [2.45, 2.75) is 12.8 Å². The number of benzene rings is 4. The average molecular weight is 800 g/mol. The third-order valence-electron chi connectivity index (χ3n) is 9.29. The van der Waals surface area contributed by atoms with Crippen molar-refractivity contribution >= 4 is 34.8 Å². The predicted molar refractivity (Wildman–Crippen MR) is 224 cm³/mol. The van der Waals surface area contributed by atoms with E-state index in [-0.39, 0.29) is 18.5 Å². The maximum absolute atomic E-state index is 12.9. The average Bonchev–Trinajstić information content (AvgIpc) is 3.25. The normalized spacial score (nSPS) is 10.7. The molecule has 4 aromatic carbocycles. The summed E-state index contributed by atoms with van der Waals surface area (Å²) in [6.45, 7) is 4.96. The first-order valence-corrected chi connectivity index (χ1v) is 19.9. The molecular formula is C43H50N3O10P. The Labute approximate surface area is 335 Å². The first-order valence-electron chi connectivity index (χ1n) is 17.7. The number of allylic oxidation sites excluding steroid dienone is 1. The Kier molecular flexibility index (Phi) is 15.6. The number of nitrogens with zero attached hydrogens (tertiary/aromatic N) is 1. The van der Waals surface area contributed by atoms with Crippen molar-refractivity contribution in [2.24, 2.45) is 0 Å². The Balaban J connectivity index is 1.91. The summed E-state index contributed by atoms with van der Waals surface area (Å²) in [5.41, 5.74) is 1.94. The van der Waals surface area contributed by atoms with Crippen molar-refractivity contribution in [3.05, 3.63) is 78.5 Å². The van der Waals surface area contributed by atoms with E-state index in [4.69, 9.17) is 47.9 Å². The first kappa shape index (κ1) is 43.3. The summed E-state index contributed by atoms with van der Waals surface area (Å²) in [7, 11) is 10.4. The minimum atomic E-state index is -3.82. The first-order chi connectivity index (χ1) is 27.6.